The van der Waals surface area contributed by atoms with Gasteiger partial charge in [-0.2, -0.15) is 0 Å². The SMILES string of the molecule is CCCC(CCNC1CCc2cccc(OC)c2C1)NC(=O)c1ccccn1.Cl.Cl. The van der Waals surface area contributed by atoms with Crippen LogP contribution in [0.4, 0.5) is 0 Å². The number of carbonyl (C=O) groups is 1. The Morgan fingerprint density at radius 1 is 1.20 bits per heavy atom. The quantitative estimate of drug-likeness (QED) is 0.591. The number of aryl methyl sites for hydroxylation is 1. The Bertz CT molecular complexity index is 760. The van der Waals surface area contributed by atoms with Crippen molar-refractivity contribution in [3.05, 3.63) is 59.4 Å². The van der Waals surface area contributed by atoms with Gasteiger partial charge in [0.25, 0.3) is 5.91 Å². The molecule has 0 aliphatic heterocycles. The van der Waals surface area contributed by atoms with Crippen molar-refractivity contribution in [2.24, 2.45) is 0 Å². The molecule has 1 aromatic heterocycles. The molecule has 0 bridgehead atoms. The Balaban J connectivity index is 0.00000225. The van der Waals surface area contributed by atoms with Crippen LogP contribution < -0.4 is 15.4 Å². The molecule has 2 atom stereocenters. The van der Waals surface area contributed by atoms with E-state index in [9.17, 15) is 4.79 Å². The van der Waals surface area contributed by atoms with Gasteiger partial charge in [0.1, 0.15) is 11.4 Å². The number of fused-ring (bicyclic) bond motifs is 1. The van der Waals surface area contributed by atoms with Crippen molar-refractivity contribution in [2.45, 2.75) is 57.5 Å². The van der Waals surface area contributed by atoms with Crippen LogP contribution in [0.3, 0.4) is 0 Å². The van der Waals surface area contributed by atoms with Crippen LogP contribution in [0.15, 0.2) is 42.6 Å². The number of amides is 1. The molecule has 0 saturated carbocycles. The van der Waals surface area contributed by atoms with E-state index >= 15 is 0 Å². The first-order valence-corrected chi connectivity index (χ1v) is 10.3. The highest BCUT2D eigenvalue weighted by atomic mass is 35.5. The summed E-state index contributed by atoms with van der Waals surface area (Å²) in [4.78, 5) is 16.5. The van der Waals surface area contributed by atoms with E-state index in [0.29, 0.717) is 11.7 Å². The zero-order valence-corrected chi connectivity index (χ0v) is 19.4. The van der Waals surface area contributed by atoms with E-state index in [2.05, 4.69) is 34.7 Å². The Hall–Kier alpha value is -1.82. The molecule has 1 aliphatic rings. The van der Waals surface area contributed by atoms with Gasteiger partial charge >= 0.3 is 0 Å². The minimum atomic E-state index is -0.0876. The van der Waals surface area contributed by atoms with E-state index in [-0.39, 0.29) is 36.8 Å². The molecular weight excluding hydrogens is 421 g/mol. The lowest BCUT2D eigenvalue weighted by Crippen LogP contribution is -2.40. The number of ether oxygens (including phenoxy) is 1. The molecule has 0 radical (unpaired) electrons. The molecule has 2 N–H and O–H groups in total. The van der Waals surface area contributed by atoms with Crippen molar-refractivity contribution in [3.63, 3.8) is 0 Å². The largest absolute Gasteiger partial charge is 0.496 e. The van der Waals surface area contributed by atoms with Crippen LogP contribution in [0.5, 0.6) is 5.75 Å². The normalized spacial score (nSPS) is 15.7. The van der Waals surface area contributed by atoms with E-state index < -0.39 is 0 Å². The number of methoxy groups -OCH3 is 1. The number of carbonyl (C=O) groups excluding carboxylic acids is 1. The Morgan fingerprint density at radius 3 is 2.73 bits per heavy atom. The molecule has 1 aromatic carbocycles. The van der Waals surface area contributed by atoms with Gasteiger partial charge in [-0.3, -0.25) is 9.78 Å². The molecule has 30 heavy (non-hydrogen) atoms. The number of aromatic nitrogens is 1. The zero-order chi connectivity index (χ0) is 19.8. The molecule has 3 rings (SSSR count). The molecule has 1 heterocycles. The van der Waals surface area contributed by atoms with Gasteiger partial charge in [0.05, 0.1) is 7.11 Å². The van der Waals surface area contributed by atoms with Crippen LogP contribution in [0, 0.1) is 0 Å². The fourth-order valence-electron chi connectivity index (χ4n) is 3.98. The number of hydrogen-bond acceptors (Lipinski definition) is 4. The maximum atomic E-state index is 12.4. The highest BCUT2D eigenvalue weighted by Gasteiger charge is 2.21. The van der Waals surface area contributed by atoms with Crippen molar-refractivity contribution in [1.29, 1.82) is 0 Å². The fourth-order valence-corrected chi connectivity index (χ4v) is 3.98. The van der Waals surface area contributed by atoms with Crippen LogP contribution in [-0.2, 0) is 12.8 Å². The molecule has 1 aliphatic carbocycles. The second-order valence-electron chi connectivity index (χ2n) is 7.45. The van der Waals surface area contributed by atoms with Crippen LogP contribution in [0.2, 0.25) is 0 Å². The van der Waals surface area contributed by atoms with Gasteiger partial charge in [0.2, 0.25) is 0 Å². The number of pyridine rings is 1. The van der Waals surface area contributed by atoms with E-state index in [1.165, 1.54) is 11.1 Å². The van der Waals surface area contributed by atoms with Gasteiger partial charge in [-0.05, 0) is 68.0 Å². The molecule has 1 amide bonds. The minimum Gasteiger partial charge on any atom is -0.496 e. The summed E-state index contributed by atoms with van der Waals surface area (Å²) in [6.07, 6.45) is 7.81. The van der Waals surface area contributed by atoms with Gasteiger partial charge in [0, 0.05) is 18.3 Å². The first-order valence-electron chi connectivity index (χ1n) is 10.3. The third-order valence-electron chi connectivity index (χ3n) is 5.46. The van der Waals surface area contributed by atoms with Gasteiger partial charge in [-0.1, -0.05) is 31.5 Å². The van der Waals surface area contributed by atoms with E-state index in [1.54, 1.807) is 19.4 Å². The highest BCUT2D eigenvalue weighted by Crippen LogP contribution is 2.29. The molecule has 5 nitrogen and oxygen atoms in total. The van der Waals surface area contributed by atoms with Crippen molar-refractivity contribution in [3.8, 4) is 5.75 Å². The maximum Gasteiger partial charge on any atom is 0.270 e. The number of hydrogen-bond donors (Lipinski definition) is 2. The first-order chi connectivity index (χ1) is 13.7. The van der Waals surface area contributed by atoms with Crippen LogP contribution >= 0.6 is 24.8 Å². The molecule has 0 spiro atoms. The highest BCUT2D eigenvalue weighted by molar-refractivity contribution is 5.92. The van der Waals surface area contributed by atoms with Crippen molar-refractivity contribution in [2.75, 3.05) is 13.7 Å². The second kappa shape index (κ2) is 13.5. The maximum absolute atomic E-state index is 12.4. The lowest BCUT2D eigenvalue weighted by molar-refractivity contribution is 0.0927. The predicted molar refractivity (Wildman–Crippen MR) is 126 cm³/mol. The molecule has 166 valence electrons. The summed E-state index contributed by atoms with van der Waals surface area (Å²) in [5, 5.41) is 6.84. The standard InChI is InChI=1S/C23H31N3O2.2ClH/c1-3-7-18(26-23(27)21-9-4-5-14-25-21)13-15-24-19-12-11-17-8-6-10-22(28-2)20(17)16-19;;/h4-6,8-10,14,18-19,24H,3,7,11-13,15-16H2,1-2H3,(H,26,27);2*1H. The summed E-state index contributed by atoms with van der Waals surface area (Å²) in [5.74, 6) is 0.908. The number of halogens is 2. The summed E-state index contributed by atoms with van der Waals surface area (Å²) in [5.41, 5.74) is 3.22. The third kappa shape index (κ3) is 7.15. The van der Waals surface area contributed by atoms with Crippen molar-refractivity contribution < 1.29 is 9.53 Å². The number of benzene rings is 1. The van der Waals surface area contributed by atoms with Gasteiger partial charge in [-0.15, -0.1) is 24.8 Å². The van der Waals surface area contributed by atoms with Crippen LogP contribution in [0.25, 0.3) is 0 Å². The zero-order valence-electron chi connectivity index (χ0n) is 17.7. The predicted octanol–water partition coefficient (Wildman–Crippen LogP) is 4.37. The summed E-state index contributed by atoms with van der Waals surface area (Å²) in [6, 6.07) is 12.4. The van der Waals surface area contributed by atoms with E-state index in [0.717, 1.165) is 50.8 Å². The lowest BCUT2D eigenvalue weighted by atomic mass is 9.87. The molecule has 7 heteroatoms. The number of nitrogens with zero attached hydrogens (tertiary/aromatic N) is 1. The summed E-state index contributed by atoms with van der Waals surface area (Å²) >= 11 is 0. The number of nitrogens with one attached hydrogen (secondary N) is 2. The van der Waals surface area contributed by atoms with Crippen molar-refractivity contribution in [1.82, 2.24) is 15.6 Å². The Morgan fingerprint density at radius 2 is 2.03 bits per heavy atom. The summed E-state index contributed by atoms with van der Waals surface area (Å²) in [7, 11) is 1.74. The van der Waals surface area contributed by atoms with E-state index in [1.807, 2.05) is 18.2 Å². The smallest absolute Gasteiger partial charge is 0.270 e. The topological polar surface area (TPSA) is 63.2 Å². The van der Waals surface area contributed by atoms with Crippen molar-refractivity contribution >= 4 is 30.7 Å². The van der Waals surface area contributed by atoms with Gasteiger partial charge in [-0.25, -0.2) is 0 Å². The fraction of sp³-hybridized carbons (Fsp3) is 0.478. The molecule has 2 aromatic rings. The number of rotatable bonds is 9. The lowest BCUT2D eigenvalue weighted by Gasteiger charge is -2.28. The van der Waals surface area contributed by atoms with Gasteiger partial charge < -0.3 is 15.4 Å². The van der Waals surface area contributed by atoms with Gasteiger partial charge in [0.15, 0.2) is 0 Å². The second-order valence-corrected chi connectivity index (χ2v) is 7.45. The van der Waals surface area contributed by atoms with E-state index in [4.69, 9.17) is 4.74 Å². The third-order valence-corrected chi connectivity index (χ3v) is 5.46. The Kier molecular flexibility index (Phi) is 11.8. The molecule has 2 unspecified atom stereocenters. The summed E-state index contributed by atoms with van der Waals surface area (Å²) < 4.78 is 5.54. The minimum absolute atomic E-state index is 0. The van der Waals surface area contributed by atoms with Crippen LogP contribution in [0.1, 0.15) is 54.2 Å². The molecule has 0 saturated heterocycles. The summed E-state index contributed by atoms with van der Waals surface area (Å²) in [6.45, 7) is 3.04. The monoisotopic (exact) mass is 453 g/mol. The molecular formula is C23H33Cl2N3O2. The average molecular weight is 454 g/mol. The first kappa shape index (κ1) is 26.2. The molecule has 0 fully saturated rings. The van der Waals surface area contributed by atoms with Crippen LogP contribution in [-0.4, -0.2) is 36.6 Å². The average Bonchev–Trinajstić information content (AvgIpc) is 2.74. The Labute approximate surface area is 192 Å².